The normalized spacial score (nSPS) is 8.91. The van der Waals surface area contributed by atoms with Crippen molar-refractivity contribution in [1.29, 1.82) is 0 Å². The van der Waals surface area contributed by atoms with Crippen LogP contribution in [-0.2, 0) is 9.53 Å². The maximum absolute atomic E-state index is 10.6. The predicted molar refractivity (Wildman–Crippen MR) is 42.7 cm³/mol. The standard InChI is InChI=1S/C6H12BNO3/c1-3-11-6(9)4-5-8-7(2)10/h3,8,10H,1,4-5H2,2H3. The maximum Gasteiger partial charge on any atom is 0.373 e. The zero-order valence-electron chi connectivity index (χ0n) is 6.54. The summed E-state index contributed by atoms with van der Waals surface area (Å²) in [6.45, 7) is 5.22. The van der Waals surface area contributed by atoms with Crippen molar-refractivity contribution in [2.24, 2.45) is 0 Å². The molecule has 0 bridgehead atoms. The van der Waals surface area contributed by atoms with Crippen LogP contribution in [0.15, 0.2) is 12.8 Å². The van der Waals surface area contributed by atoms with Crippen LogP contribution in [0.2, 0.25) is 6.82 Å². The van der Waals surface area contributed by atoms with Crippen LogP contribution in [0.3, 0.4) is 0 Å². The molecule has 11 heavy (non-hydrogen) atoms. The molecule has 0 aromatic rings. The number of carbonyl (C=O) groups excluding carboxylic acids is 1. The van der Waals surface area contributed by atoms with Crippen LogP contribution in [0.5, 0.6) is 0 Å². The van der Waals surface area contributed by atoms with Crippen LogP contribution in [0.25, 0.3) is 0 Å². The molecule has 0 amide bonds. The Morgan fingerprint density at radius 2 is 2.55 bits per heavy atom. The Morgan fingerprint density at radius 3 is 3.00 bits per heavy atom. The average Bonchev–Trinajstić information content (AvgIpc) is 1.87. The Labute approximate surface area is 66.4 Å². The quantitative estimate of drug-likeness (QED) is 0.328. The van der Waals surface area contributed by atoms with Crippen LogP contribution in [0.4, 0.5) is 0 Å². The lowest BCUT2D eigenvalue weighted by Gasteiger charge is -2.01. The van der Waals surface area contributed by atoms with Crippen molar-refractivity contribution in [3.05, 3.63) is 12.8 Å². The van der Waals surface area contributed by atoms with Crippen molar-refractivity contribution >= 4 is 13.0 Å². The van der Waals surface area contributed by atoms with E-state index in [1.165, 1.54) is 0 Å². The Balaban J connectivity index is 3.24. The average molecular weight is 157 g/mol. The van der Waals surface area contributed by atoms with Crippen LogP contribution < -0.4 is 5.23 Å². The van der Waals surface area contributed by atoms with Crippen molar-refractivity contribution < 1.29 is 14.6 Å². The molecule has 5 heteroatoms. The van der Waals surface area contributed by atoms with E-state index in [4.69, 9.17) is 5.02 Å². The zero-order chi connectivity index (χ0) is 8.69. The van der Waals surface area contributed by atoms with Gasteiger partial charge in [0.2, 0.25) is 0 Å². The van der Waals surface area contributed by atoms with Crippen molar-refractivity contribution in [1.82, 2.24) is 5.23 Å². The van der Waals surface area contributed by atoms with Gasteiger partial charge in [-0.3, -0.25) is 4.79 Å². The van der Waals surface area contributed by atoms with Gasteiger partial charge in [0.25, 0.3) is 0 Å². The minimum Gasteiger partial charge on any atom is -0.437 e. The summed E-state index contributed by atoms with van der Waals surface area (Å²) < 4.78 is 4.43. The highest BCUT2D eigenvalue weighted by molar-refractivity contribution is 6.45. The molecule has 0 radical (unpaired) electrons. The van der Waals surface area contributed by atoms with E-state index in [0.29, 0.717) is 6.54 Å². The lowest BCUT2D eigenvalue weighted by molar-refractivity contribution is -0.137. The molecule has 0 aromatic heterocycles. The third kappa shape index (κ3) is 7.09. The Hall–Kier alpha value is -0.805. The highest BCUT2D eigenvalue weighted by Crippen LogP contribution is 1.84. The van der Waals surface area contributed by atoms with E-state index in [1.807, 2.05) is 0 Å². The number of carbonyl (C=O) groups is 1. The van der Waals surface area contributed by atoms with E-state index in [1.54, 1.807) is 6.82 Å². The molecule has 0 aliphatic carbocycles. The van der Waals surface area contributed by atoms with E-state index in [-0.39, 0.29) is 12.4 Å². The zero-order valence-corrected chi connectivity index (χ0v) is 6.54. The summed E-state index contributed by atoms with van der Waals surface area (Å²) >= 11 is 0. The van der Waals surface area contributed by atoms with Gasteiger partial charge in [0, 0.05) is 0 Å². The summed E-state index contributed by atoms with van der Waals surface area (Å²) in [5.41, 5.74) is 0. The molecule has 0 spiro atoms. The van der Waals surface area contributed by atoms with Crippen molar-refractivity contribution in [2.75, 3.05) is 6.54 Å². The maximum atomic E-state index is 10.6. The second kappa shape index (κ2) is 5.94. The van der Waals surface area contributed by atoms with Crippen LogP contribution >= 0.6 is 0 Å². The van der Waals surface area contributed by atoms with Gasteiger partial charge >= 0.3 is 13.0 Å². The predicted octanol–water partition coefficient (Wildman–Crippen LogP) is -0.237. The first-order valence-corrected chi connectivity index (χ1v) is 3.38. The van der Waals surface area contributed by atoms with E-state index in [0.717, 1.165) is 6.26 Å². The lowest BCUT2D eigenvalue weighted by Crippen LogP contribution is -2.32. The fourth-order valence-corrected chi connectivity index (χ4v) is 0.535. The highest BCUT2D eigenvalue weighted by Gasteiger charge is 2.03. The summed E-state index contributed by atoms with van der Waals surface area (Å²) in [6, 6.07) is 0. The molecular weight excluding hydrogens is 145 g/mol. The topological polar surface area (TPSA) is 58.6 Å². The highest BCUT2D eigenvalue weighted by atomic mass is 16.5. The first kappa shape index (κ1) is 10.2. The molecular formula is C6H12BNO3. The summed E-state index contributed by atoms with van der Waals surface area (Å²) in [6.07, 6.45) is 1.32. The van der Waals surface area contributed by atoms with E-state index in [2.05, 4.69) is 16.5 Å². The van der Waals surface area contributed by atoms with Gasteiger partial charge < -0.3 is 15.0 Å². The minimum atomic E-state index is -0.591. The summed E-state index contributed by atoms with van der Waals surface area (Å²) in [5.74, 6) is -0.354. The summed E-state index contributed by atoms with van der Waals surface area (Å²) in [4.78, 5) is 10.6. The van der Waals surface area contributed by atoms with Gasteiger partial charge in [-0.1, -0.05) is 6.58 Å². The molecule has 0 heterocycles. The first-order valence-electron chi connectivity index (χ1n) is 3.38. The molecule has 0 unspecified atom stereocenters. The van der Waals surface area contributed by atoms with E-state index >= 15 is 0 Å². The minimum absolute atomic E-state index is 0.233. The number of ether oxygens (including phenoxy) is 1. The molecule has 0 rings (SSSR count). The van der Waals surface area contributed by atoms with Crippen LogP contribution in [0.1, 0.15) is 6.42 Å². The molecule has 2 N–H and O–H groups in total. The van der Waals surface area contributed by atoms with Gasteiger partial charge in [0.05, 0.1) is 12.7 Å². The number of rotatable bonds is 5. The molecule has 62 valence electrons. The number of nitrogens with one attached hydrogen (secondary N) is 1. The fraction of sp³-hybridized carbons (Fsp3) is 0.500. The third-order valence-corrected chi connectivity index (χ3v) is 0.984. The molecule has 0 aliphatic heterocycles. The second-order valence-electron chi connectivity index (χ2n) is 2.04. The largest absolute Gasteiger partial charge is 0.437 e. The molecule has 0 atom stereocenters. The number of esters is 1. The van der Waals surface area contributed by atoms with Gasteiger partial charge in [0.15, 0.2) is 0 Å². The lowest BCUT2D eigenvalue weighted by atomic mass is 9.89. The Morgan fingerprint density at radius 1 is 1.91 bits per heavy atom. The number of hydrogen-bond acceptors (Lipinski definition) is 4. The van der Waals surface area contributed by atoms with Crippen molar-refractivity contribution in [3.8, 4) is 0 Å². The van der Waals surface area contributed by atoms with Crippen LogP contribution in [-0.4, -0.2) is 24.6 Å². The SMILES string of the molecule is C=COC(=O)CCNB(C)O. The van der Waals surface area contributed by atoms with Gasteiger partial charge in [-0.15, -0.1) is 0 Å². The first-order chi connectivity index (χ1) is 5.16. The Kier molecular flexibility index (Phi) is 5.51. The fourth-order valence-electron chi connectivity index (χ4n) is 0.535. The molecule has 0 aliphatic rings. The number of hydrogen-bond donors (Lipinski definition) is 2. The van der Waals surface area contributed by atoms with Gasteiger partial charge in [0.1, 0.15) is 0 Å². The molecule has 0 fully saturated rings. The van der Waals surface area contributed by atoms with E-state index in [9.17, 15) is 4.79 Å². The molecule has 0 aromatic carbocycles. The van der Waals surface area contributed by atoms with E-state index < -0.39 is 7.05 Å². The molecule has 4 nitrogen and oxygen atoms in total. The smallest absolute Gasteiger partial charge is 0.373 e. The third-order valence-electron chi connectivity index (χ3n) is 0.984. The van der Waals surface area contributed by atoms with Crippen molar-refractivity contribution in [2.45, 2.75) is 13.2 Å². The second-order valence-corrected chi connectivity index (χ2v) is 2.04. The van der Waals surface area contributed by atoms with Crippen molar-refractivity contribution in [3.63, 3.8) is 0 Å². The van der Waals surface area contributed by atoms with Gasteiger partial charge in [-0.05, 0) is 13.4 Å². The summed E-state index contributed by atoms with van der Waals surface area (Å²) in [7, 11) is -0.591. The van der Waals surface area contributed by atoms with Gasteiger partial charge in [-0.25, -0.2) is 0 Å². The van der Waals surface area contributed by atoms with Crippen LogP contribution in [0, 0.1) is 0 Å². The Bertz CT molecular complexity index is 138. The molecule has 0 saturated heterocycles. The molecule has 0 saturated carbocycles. The monoisotopic (exact) mass is 157 g/mol. The van der Waals surface area contributed by atoms with Gasteiger partial charge in [-0.2, -0.15) is 0 Å². The summed E-state index contributed by atoms with van der Waals surface area (Å²) in [5, 5.41) is 11.4.